The predicted octanol–water partition coefficient (Wildman–Crippen LogP) is -3.38. The summed E-state index contributed by atoms with van der Waals surface area (Å²) in [7, 11) is 2.63. The Hall–Kier alpha value is -2.94. The fourth-order valence-electron chi connectivity index (χ4n) is 2.98. The van der Waals surface area contributed by atoms with Crippen LogP contribution in [-0.4, -0.2) is 135 Å². The molecule has 14 nitrogen and oxygen atoms in total. The minimum Gasteiger partial charge on any atom is -0.442 e. The lowest BCUT2D eigenvalue weighted by Gasteiger charge is -2.35. The van der Waals surface area contributed by atoms with E-state index in [0.29, 0.717) is 0 Å². The summed E-state index contributed by atoms with van der Waals surface area (Å²) in [6.07, 6.45) is 0. The number of rotatable bonds is 11. The van der Waals surface area contributed by atoms with Crippen molar-refractivity contribution in [2.24, 2.45) is 0 Å². The first-order chi connectivity index (χ1) is 15.2. The number of carbonyl (C=O) groups excluding carboxylic acids is 6. The van der Waals surface area contributed by atoms with Crippen LogP contribution in [-0.2, 0) is 47.7 Å². The van der Waals surface area contributed by atoms with Gasteiger partial charge in [0.1, 0.15) is 13.2 Å². The van der Waals surface area contributed by atoms with Gasteiger partial charge in [-0.1, -0.05) is 0 Å². The minimum atomic E-state index is -0.697. The maximum Gasteiger partial charge on any atom is 0.333 e. The number of ether oxygens (including phenoxy) is 4. The van der Waals surface area contributed by atoms with Crippen LogP contribution < -0.4 is 0 Å². The molecule has 0 radical (unpaired) electrons. The molecular formula is C18H26N4O10. The molecule has 4 amide bonds. The molecule has 0 aromatic rings. The Morgan fingerprint density at radius 3 is 1.25 bits per heavy atom. The Morgan fingerprint density at radius 2 is 0.969 bits per heavy atom. The van der Waals surface area contributed by atoms with Crippen molar-refractivity contribution in [3.8, 4) is 0 Å². The maximum absolute atomic E-state index is 12.2. The van der Waals surface area contributed by atoms with Crippen molar-refractivity contribution in [1.29, 1.82) is 0 Å². The lowest BCUT2D eigenvalue weighted by Crippen LogP contribution is -2.58. The molecule has 2 saturated heterocycles. The molecule has 2 aliphatic heterocycles. The SMILES string of the molecule is COCC(=O)OCN1C(=O)CN(CCN2CC(=O)N(COC(=O)COC)C(=O)C2)CC1=O. The maximum atomic E-state index is 12.2. The Balaban J connectivity index is 1.76. The highest BCUT2D eigenvalue weighted by Gasteiger charge is 2.34. The summed E-state index contributed by atoms with van der Waals surface area (Å²) in [5, 5.41) is 0. The highest BCUT2D eigenvalue weighted by Crippen LogP contribution is 2.09. The number of carbonyl (C=O) groups is 6. The minimum absolute atomic E-state index is 0.0785. The van der Waals surface area contributed by atoms with Crippen molar-refractivity contribution in [1.82, 2.24) is 19.6 Å². The number of imide groups is 2. The second-order valence-corrected chi connectivity index (χ2v) is 7.01. The molecule has 0 aromatic heterocycles. The lowest BCUT2D eigenvalue weighted by molar-refractivity contribution is -0.168. The van der Waals surface area contributed by atoms with Crippen molar-refractivity contribution in [3.05, 3.63) is 0 Å². The van der Waals surface area contributed by atoms with Crippen LogP contribution in [0.2, 0.25) is 0 Å². The first-order valence-corrected chi connectivity index (χ1v) is 9.65. The molecule has 2 aliphatic rings. The van der Waals surface area contributed by atoms with E-state index in [2.05, 4.69) is 9.47 Å². The van der Waals surface area contributed by atoms with Crippen molar-refractivity contribution >= 4 is 35.6 Å². The highest BCUT2D eigenvalue weighted by atomic mass is 16.6. The second-order valence-electron chi connectivity index (χ2n) is 7.01. The van der Waals surface area contributed by atoms with E-state index < -0.39 is 49.0 Å². The van der Waals surface area contributed by atoms with Crippen molar-refractivity contribution in [2.75, 3.05) is 80.2 Å². The van der Waals surface area contributed by atoms with Gasteiger partial charge in [0.05, 0.1) is 26.2 Å². The van der Waals surface area contributed by atoms with Gasteiger partial charge in [-0.15, -0.1) is 0 Å². The van der Waals surface area contributed by atoms with E-state index in [0.717, 1.165) is 9.80 Å². The van der Waals surface area contributed by atoms with E-state index in [9.17, 15) is 28.8 Å². The molecule has 0 bridgehead atoms. The standard InChI is InChI=1S/C18H26N4O10/c1-29-9-17(27)31-11-21-13(23)5-19(6-14(21)24)3-4-20-7-15(25)22(16(26)8-20)12-32-18(28)10-30-2/h3-12H2,1-2H3. The molecule has 32 heavy (non-hydrogen) atoms. The van der Waals surface area contributed by atoms with E-state index in [1.54, 1.807) is 9.80 Å². The van der Waals surface area contributed by atoms with Crippen LogP contribution in [0.4, 0.5) is 0 Å². The normalized spacial score (nSPS) is 18.3. The molecular weight excluding hydrogens is 432 g/mol. The van der Waals surface area contributed by atoms with Crippen LogP contribution in [0.5, 0.6) is 0 Å². The summed E-state index contributed by atoms with van der Waals surface area (Å²) in [5.41, 5.74) is 0. The molecule has 0 N–H and O–H groups in total. The number of methoxy groups -OCH3 is 2. The van der Waals surface area contributed by atoms with Crippen molar-refractivity contribution < 1.29 is 47.7 Å². The molecule has 0 unspecified atom stereocenters. The largest absolute Gasteiger partial charge is 0.442 e. The summed E-state index contributed by atoms with van der Waals surface area (Å²) < 4.78 is 18.8. The van der Waals surface area contributed by atoms with Gasteiger partial charge in [0.25, 0.3) is 0 Å². The zero-order valence-electron chi connectivity index (χ0n) is 17.9. The summed E-state index contributed by atoms with van der Waals surface area (Å²) in [5.74, 6) is -3.50. The highest BCUT2D eigenvalue weighted by molar-refractivity contribution is 6.00. The van der Waals surface area contributed by atoms with Gasteiger partial charge in [-0.25, -0.2) is 19.4 Å². The van der Waals surface area contributed by atoms with Gasteiger partial charge >= 0.3 is 11.9 Å². The molecule has 0 aliphatic carbocycles. The molecule has 14 heteroatoms. The number of piperazine rings is 2. The molecule has 2 rings (SSSR count). The first-order valence-electron chi connectivity index (χ1n) is 9.65. The smallest absolute Gasteiger partial charge is 0.333 e. The molecule has 0 saturated carbocycles. The number of amides is 4. The predicted molar refractivity (Wildman–Crippen MR) is 102 cm³/mol. The molecule has 178 valence electrons. The summed E-state index contributed by atoms with van der Waals surface area (Å²) >= 11 is 0. The molecule has 2 fully saturated rings. The Labute approximate surface area is 183 Å². The van der Waals surface area contributed by atoms with Gasteiger partial charge in [0.15, 0.2) is 13.5 Å². The average molecular weight is 458 g/mol. The second kappa shape index (κ2) is 12.2. The Kier molecular flexibility index (Phi) is 9.64. The molecule has 0 spiro atoms. The third kappa shape index (κ3) is 7.33. The van der Waals surface area contributed by atoms with E-state index in [1.807, 2.05) is 0 Å². The van der Waals surface area contributed by atoms with Crippen molar-refractivity contribution in [3.63, 3.8) is 0 Å². The van der Waals surface area contributed by atoms with Crippen LogP contribution >= 0.6 is 0 Å². The lowest BCUT2D eigenvalue weighted by atomic mass is 10.2. The van der Waals surface area contributed by atoms with Crippen LogP contribution in [0.25, 0.3) is 0 Å². The van der Waals surface area contributed by atoms with E-state index >= 15 is 0 Å². The van der Waals surface area contributed by atoms with Gasteiger partial charge in [-0.2, -0.15) is 0 Å². The zero-order valence-corrected chi connectivity index (χ0v) is 17.9. The molecule has 0 aromatic carbocycles. The van der Waals surface area contributed by atoms with E-state index in [4.69, 9.17) is 9.47 Å². The summed E-state index contributed by atoms with van der Waals surface area (Å²) in [6.45, 7) is -1.33. The third-order valence-electron chi connectivity index (χ3n) is 4.61. The monoisotopic (exact) mass is 458 g/mol. The summed E-state index contributed by atoms with van der Waals surface area (Å²) in [4.78, 5) is 76.4. The van der Waals surface area contributed by atoms with Crippen LogP contribution in [0, 0.1) is 0 Å². The van der Waals surface area contributed by atoms with Gasteiger partial charge in [-0.05, 0) is 0 Å². The van der Waals surface area contributed by atoms with Gasteiger partial charge in [0, 0.05) is 27.3 Å². The Morgan fingerprint density at radius 1 is 0.656 bits per heavy atom. The molecule has 2 heterocycles. The number of hydrogen-bond donors (Lipinski definition) is 0. The number of nitrogens with zero attached hydrogens (tertiary/aromatic N) is 4. The molecule has 0 atom stereocenters. The van der Waals surface area contributed by atoms with Crippen LogP contribution in [0.3, 0.4) is 0 Å². The quantitative estimate of drug-likeness (QED) is 0.224. The summed E-state index contributed by atoms with van der Waals surface area (Å²) in [6, 6.07) is 0. The third-order valence-corrected chi connectivity index (χ3v) is 4.61. The first kappa shape index (κ1) is 25.3. The van der Waals surface area contributed by atoms with Crippen LogP contribution in [0.1, 0.15) is 0 Å². The van der Waals surface area contributed by atoms with Gasteiger partial charge in [-0.3, -0.25) is 29.0 Å². The van der Waals surface area contributed by atoms with Crippen molar-refractivity contribution in [2.45, 2.75) is 0 Å². The van der Waals surface area contributed by atoms with E-state index in [-0.39, 0.29) is 52.5 Å². The number of esters is 2. The fourth-order valence-corrected chi connectivity index (χ4v) is 2.98. The van der Waals surface area contributed by atoms with E-state index in [1.165, 1.54) is 14.2 Å². The van der Waals surface area contributed by atoms with Crippen LogP contribution in [0.15, 0.2) is 0 Å². The topological polar surface area (TPSA) is 152 Å². The fraction of sp³-hybridized carbons (Fsp3) is 0.667. The Bertz CT molecular complexity index is 660. The zero-order chi connectivity index (χ0) is 23.7. The van der Waals surface area contributed by atoms with Gasteiger partial charge in [0.2, 0.25) is 23.6 Å². The number of hydrogen-bond acceptors (Lipinski definition) is 12. The average Bonchev–Trinajstić information content (AvgIpc) is 2.71. The van der Waals surface area contributed by atoms with Gasteiger partial charge < -0.3 is 18.9 Å².